The number of benzene rings is 1. The Morgan fingerprint density at radius 1 is 1.06 bits per heavy atom. The van der Waals surface area contributed by atoms with Crippen LogP contribution < -0.4 is 10.9 Å². The van der Waals surface area contributed by atoms with Crippen LogP contribution in [0.15, 0.2) is 30.3 Å². The molecule has 0 radical (unpaired) electrons. The smallest absolute Gasteiger partial charge is 0.106 e. The second kappa shape index (κ2) is 15.8. The van der Waals surface area contributed by atoms with Crippen molar-refractivity contribution in [3.05, 3.63) is 30.3 Å². The second-order valence-electron chi connectivity index (χ2n) is 2.77. The highest BCUT2D eigenvalue weighted by Gasteiger charge is 1.86. The van der Waals surface area contributed by atoms with Crippen molar-refractivity contribution in [2.75, 3.05) is 12.0 Å². The fraction of sp³-hybridized carbons (Fsp3) is 0.333. The van der Waals surface area contributed by atoms with E-state index in [0.29, 0.717) is 0 Å². The first kappa shape index (κ1) is 16.7. The van der Waals surface area contributed by atoms with Crippen LogP contribution in [0, 0.1) is 0 Å². The van der Waals surface area contributed by atoms with Crippen molar-refractivity contribution in [1.29, 1.82) is 0 Å². The summed E-state index contributed by atoms with van der Waals surface area (Å²) in [6, 6.07) is 10.1. The van der Waals surface area contributed by atoms with Gasteiger partial charge in [0.1, 0.15) is 13.6 Å². The predicted octanol–water partition coefficient (Wildman–Crippen LogP) is 2.03. The zero-order valence-electron chi connectivity index (χ0n) is 9.74. The van der Waals surface area contributed by atoms with E-state index in [1.54, 1.807) is 0 Å². The minimum atomic E-state index is 1.02. The molecule has 4 nitrogen and oxygen atoms in total. The van der Waals surface area contributed by atoms with E-state index in [1.165, 1.54) is 12.8 Å². The number of unbranched alkanes of at least 4 members (excludes halogenated alkanes) is 1. The van der Waals surface area contributed by atoms with Gasteiger partial charge in [0, 0.05) is 12.2 Å². The number of carbonyl (C=O) groups excluding carboxylic acids is 2. The largest absolute Gasteiger partial charge is 0.322 e. The minimum Gasteiger partial charge on any atom is -0.322 e. The van der Waals surface area contributed by atoms with Crippen LogP contribution in [0.25, 0.3) is 0 Å². The molecule has 0 saturated heterocycles. The summed E-state index contributed by atoms with van der Waals surface area (Å²) in [7, 11) is 0. The quantitative estimate of drug-likeness (QED) is 0.593. The summed E-state index contributed by atoms with van der Waals surface area (Å²) < 4.78 is 0. The van der Waals surface area contributed by atoms with E-state index in [9.17, 15) is 0 Å². The van der Waals surface area contributed by atoms with Crippen LogP contribution in [0.5, 0.6) is 0 Å². The molecular weight excluding hydrogens is 204 g/mol. The number of rotatable bonds is 5. The Kier molecular flexibility index (Phi) is 16.5. The molecule has 0 aromatic heterocycles. The van der Waals surface area contributed by atoms with Crippen molar-refractivity contribution in [3.63, 3.8) is 0 Å². The predicted molar refractivity (Wildman–Crippen MR) is 67.2 cm³/mol. The molecule has 16 heavy (non-hydrogen) atoms. The molecule has 0 aliphatic rings. The van der Waals surface area contributed by atoms with Gasteiger partial charge in [0.05, 0.1) is 0 Å². The van der Waals surface area contributed by atoms with Gasteiger partial charge in [-0.05, 0) is 18.6 Å². The summed E-state index contributed by atoms with van der Waals surface area (Å²) in [6.45, 7) is 7.20. The van der Waals surface area contributed by atoms with E-state index >= 15 is 0 Å². The van der Waals surface area contributed by atoms with E-state index in [4.69, 9.17) is 9.59 Å². The maximum Gasteiger partial charge on any atom is 0.106 e. The highest BCUT2D eigenvalue weighted by atomic mass is 16.1. The maximum absolute atomic E-state index is 8.00. The third-order valence-corrected chi connectivity index (χ3v) is 1.66. The van der Waals surface area contributed by atoms with Gasteiger partial charge in [-0.15, -0.1) is 0 Å². The standard InChI is InChI=1S/C10H16N2.2CH2O/c1-2-3-9-11-12-10-7-5-4-6-8-10;2*1-2/h4-8,11-12H,2-3,9H2,1H3;2*1H2. The molecular formula is C12H20N2O2. The first-order valence-corrected chi connectivity index (χ1v) is 5.05. The lowest BCUT2D eigenvalue weighted by Gasteiger charge is -2.06. The molecule has 0 aliphatic carbocycles. The molecule has 0 spiro atoms. The second-order valence-corrected chi connectivity index (χ2v) is 2.77. The summed E-state index contributed by atoms with van der Waals surface area (Å²) in [5.74, 6) is 0. The summed E-state index contributed by atoms with van der Waals surface area (Å²) in [5, 5.41) is 0. The highest BCUT2D eigenvalue weighted by Crippen LogP contribution is 2.02. The number of hydrogen-bond acceptors (Lipinski definition) is 4. The molecule has 0 fully saturated rings. The Morgan fingerprint density at radius 3 is 2.12 bits per heavy atom. The van der Waals surface area contributed by atoms with E-state index in [2.05, 4.69) is 17.8 Å². The van der Waals surface area contributed by atoms with Gasteiger partial charge in [0.15, 0.2) is 0 Å². The molecule has 0 saturated carbocycles. The zero-order chi connectivity index (χ0) is 12.6. The number of nitrogens with one attached hydrogen (secondary N) is 2. The number of hydrazine groups is 1. The Labute approximate surface area is 97.0 Å². The van der Waals surface area contributed by atoms with Gasteiger partial charge in [-0.3, -0.25) is 0 Å². The summed E-state index contributed by atoms with van der Waals surface area (Å²) in [4.78, 5) is 16.0. The Bertz CT molecular complexity index is 228. The maximum atomic E-state index is 8.00. The van der Waals surface area contributed by atoms with Crippen LogP contribution >= 0.6 is 0 Å². The first-order valence-electron chi connectivity index (χ1n) is 5.05. The molecule has 1 aromatic carbocycles. The molecule has 2 N–H and O–H groups in total. The molecule has 0 amide bonds. The lowest BCUT2D eigenvalue weighted by Crippen LogP contribution is -2.22. The van der Waals surface area contributed by atoms with Crippen LogP contribution in [0.2, 0.25) is 0 Å². The Hall–Kier alpha value is -1.68. The first-order chi connectivity index (χ1) is 7.93. The Morgan fingerprint density at radius 2 is 1.62 bits per heavy atom. The summed E-state index contributed by atoms with van der Waals surface area (Å²) in [5.41, 5.74) is 7.40. The lowest BCUT2D eigenvalue weighted by molar-refractivity contribution is -0.0987. The van der Waals surface area contributed by atoms with Crippen LogP contribution in [0.3, 0.4) is 0 Å². The average Bonchev–Trinajstić information content (AvgIpc) is 2.41. The SMILES string of the molecule is C=O.C=O.CCCCNNc1ccccc1. The number of anilines is 1. The molecule has 0 bridgehead atoms. The number of hydrogen-bond donors (Lipinski definition) is 2. The van der Waals surface area contributed by atoms with Crippen LogP contribution in [0.1, 0.15) is 19.8 Å². The fourth-order valence-corrected chi connectivity index (χ4v) is 0.951. The molecule has 0 heterocycles. The molecule has 0 atom stereocenters. The molecule has 0 unspecified atom stereocenters. The van der Waals surface area contributed by atoms with Gasteiger partial charge < -0.3 is 15.0 Å². The van der Waals surface area contributed by atoms with E-state index < -0.39 is 0 Å². The normalized spacial score (nSPS) is 7.81. The van der Waals surface area contributed by atoms with E-state index in [0.717, 1.165) is 12.2 Å². The van der Waals surface area contributed by atoms with Gasteiger partial charge in [0.2, 0.25) is 0 Å². The van der Waals surface area contributed by atoms with Gasteiger partial charge in [0.25, 0.3) is 0 Å². The van der Waals surface area contributed by atoms with Crippen molar-refractivity contribution in [1.82, 2.24) is 5.43 Å². The topological polar surface area (TPSA) is 58.2 Å². The van der Waals surface area contributed by atoms with Crippen LogP contribution in [-0.4, -0.2) is 20.1 Å². The molecule has 90 valence electrons. The van der Waals surface area contributed by atoms with Crippen molar-refractivity contribution in [2.45, 2.75) is 19.8 Å². The van der Waals surface area contributed by atoms with Crippen LogP contribution in [0.4, 0.5) is 5.69 Å². The van der Waals surface area contributed by atoms with Crippen molar-refractivity contribution >= 4 is 19.3 Å². The lowest BCUT2D eigenvalue weighted by atomic mass is 10.3. The van der Waals surface area contributed by atoms with Gasteiger partial charge >= 0.3 is 0 Å². The molecule has 0 aliphatic heterocycles. The van der Waals surface area contributed by atoms with Crippen molar-refractivity contribution < 1.29 is 9.59 Å². The highest BCUT2D eigenvalue weighted by molar-refractivity contribution is 5.41. The monoisotopic (exact) mass is 224 g/mol. The number of carbonyl (C=O) groups is 2. The third kappa shape index (κ3) is 10.4. The van der Waals surface area contributed by atoms with Gasteiger partial charge in [-0.2, -0.15) is 0 Å². The van der Waals surface area contributed by atoms with Crippen LogP contribution in [-0.2, 0) is 9.59 Å². The van der Waals surface area contributed by atoms with E-state index in [-0.39, 0.29) is 0 Å². The van der Waals surface area contributed by atoms with Gasteiger partial charge in [-0.1, -0.05) is 31.5 Å². The number of para-hydroxylation sites is 1. The van der Waals surface area contributed by atoms with E-state index in [1.807, 2.05) is 43.9 Å². The fourth-order valence-electron chi connectivity index (χ4n) is 0.951. The molecule has 4 heteroatoms. The van der Waals surface area contributed by atoms with Crippen molar-refractivity contribution in [3.8, 4) is 0 Å². The minimum absolute atomic E-state index is 1.02. The molecule has 1 aromatic rings. The van der Waals surface area contributed by atoms with Gasteiger partial charge in [-0.25, -0.2) is 5.43 Å². The summed E-state index contributed by atoms with van der Waals surface area (Å²) in [6.07, 6.45) is 2.43. The molecule has 1 rings (SSSR count). The zero-order valence-corrected chi connectivity index (χ0v) is 9.74. The average molecular weight is 224 g/mol. The van der Waals surface area contributed by atoms with Crippen molar-refractivity contribution in [2.24, 2.45) is 0 Å². The Balaban J connectivity index is 0. The summed E-state index contributed by atoms with van der Waals surface area (Å²) >= 11 is 0. The third-order valence-electron chi connectivity index (χ3n) is 1.66.